The highest BCUT2D eigenvalue weighted by Crippen LogP contribution is 2.38. The summed E-state index contributed by atoms with van der Waals surface area (Å²) in [6, 6.07) is 0. The molecule has 94 valence electrons. The van der Waals surface area contributed by atoms with Crippen molar-refractivity contribution >= 4 is 6.29 Å². The Balaban J connectivity index is 3.59. The van der Waals surface area contributed by atoms with Crippen molar-refractivity contribution in [2.75, 3.05) is 0 Å². The number of halogens is 5. The predicted molar refractivity (Wildman–Crippen MR) is 47.5 cm³/mol. The van der Waals surface area contributed by atoms with Crippen LogP contribution in [0.25, 0.3) is 0 Å². The quantitative estimate of drug-likeness (QED) is 0.665. The van der Waals surface area contributed by atoms with Crippen LogP contribution in [0.5, 0.6) is 0 Å². The molecule has 0 saturated carbocycles. The summed E-state index contributed by atoms with van der Waals surface area (Å²) in [5.41, 5.74) is 1.14. The first kappa shape index (κ1) is 13.5. The van der Waals surface area contributed by atoms with E-state index in [0.717, 1.165) is 0 Å². The van der Waals surface area contributed by atoms with Gasteiger partial charge in [-0.3, -0.25) is 9.78 Å². The number of carbonyl (C=O) groups excluding carboxylic acids is 1. The second-order valence-corrected chi connectivity index (χ2v) is 3.07. The molecule has 0 aliphatic carbocycles. The number of carbonyl (C=O) groups is 1. The van der Waals surface area contributed by atoms with E-state index in [4.69, 9.17) is 5.73 Å². The summed E-state index contributed by atoms with van der Waals surface area (Å²) in [4.78, 5) is 13.7. The highest BCUT2D eigenvalue weighted by Gasteiger charge is 2.38. The Labute approximate surface area is 92.4 Å². The summed E-state index contributed by atoms with van der Waals surface area (Å²) in [7, 11) is 0. The molecule has 0 aromatic carbocycles. The Bertz CT molecular complexity index is 430. The van der Waals surface area contributed by atoms with Gasteiger partial charge in [0.05, 0.1) is 5.56 Å². The average molecular weight is 254 g/mol. The van der Waals surface area contributed by atoms with Crippen LogP contribution >= 0.6 is 0 Å². The van der Waals surface area contributed by atoms with Crippen molar-refractivity contribution in [1.82, 2.24) is 4.98 Å². The van der Waals surface area contributed by atoms with Crippen molar-refractivity contribution in [3.63, 3.8) is 0 Å². The van der Waals surface area contributed by atoms with E-state index < -0.39 is 41.5 Å². The predicted octanol–water partition coefficient (Wildman–Crippen LogP) is 2.31. The van der Waals surface area contributed by atoms with Gasteiger partial charge in [-0.1, -0.05) is 0 Å². The Morgan fingerprint density at radius 3 is 2.35 bits per heavy atom. The molecule has 17 heavy (non-hydrogen) atoms. The lowest BCUT2D eigenvalue weighted by atomic mass is 10.0. The van der Waals surface area contributed by atoms with Gasteiger partial charge in [0.15, 0.2) is 6.29 Å². The first-order valence-corrected chi connectivity index (χ1v) is 4.35. The number of hydrogen-bond donors (Lipinski definition) is 1. The van der Waals surface area contributed by atoms with E-state index in [-0.39, 0.29) is 12.5 Å². The van der Waals surface area contributed by atoms with Crippen LogP contribution in [-0.4, -0.2) is 11.3 Å². The molecule has 1 rings (SSSR count). The van der Waals surface area contributed by atoms with Gasteiger partial charge in [0.1, 0.15) is 5.69 Å². The van der Waals surface area contributed by atoms with E-state index in [2.05, 4.69) is 4.98 Å². The molecule has 2 N–H and O–H groups in total. The first-order valence-electron chi connectivity index (χ1n) is 4.35. The number of alkyl halides is 5. The molecule has 0 aliphatic rings. The van der Waals surface area contributed by atoms with Crippen LogP contribution in [-0.2, 0) is 12.7 Å². The highest BCUT2D eigenvalue weighted by atomic mass is 19.4. The van der Waals surface area contributed by atoms with Crippen molar-refractivity contribution in [3.8, 4) is 0 Å². The molecular weight excluding hydrogens is 247 g/mol. The number of pyridine rings is 1. The third-order valence-corrected chi connectivity index (χ3v) is 2.10. The van der Waals surface area contributed by atoms with Crippen LogP contribution in [0.15, 0.2) is 6.20 Å². The van der Waals surface area contributed by atoms with Crippen molar-refractivity contribution in [2.24, 2.45) is 5.73 Å². The lowest BCUT2D eigenvalue weighted by Gasteiger charge is -2.16. The van der Waals surface area contributed by atoms with E-state index >= 15 is 0 Å². The van der Waals surface area contributed by atoms with Gasteiger partial charge in [-0.15, -0.1) is 0 Å². The fraction of sp³-hybridized carbons (Fsp3) is 0.333. The van der Waals surface area contributed by atoms with Crippen LogP contribution in [0.4, 0.5) is 22.0 Å². The molecule has 0 amide bonds. The van der Waals surface area contributed by atoms with Crippen LogP contribution in [0.2, 0.25) is 0 Å². The summed E-state index contributed by atoms with van der Waals surface area (Å²) in [5.74, 6) is 0. The van der Waals surface area contributed by atoms with Crippen molar-refractivity contribution < 1.29 is 26.7 Å². The Morgan fingerprint density at radius 1 is 1.41 bits per heavy atom. The zero-order valence-corrected chi connectivity index (χ0v) is 8.26. The summed E-state index contributed by atoms with van der Waals surface area (Å²) in [6.45, 7) is -0.620. The maximum atomic E-state index is 12.6. The minimum Gasteiger partial charge on any atom is -0.326 e. The fourth-order valence-electron chi connectivity index (χ4n) is 1.37. The van der Waals surface area contributed by atoms with Crippen LogP contribution in [0.3, 0.4) is 0 Å². The Kier molecular flexibility index (Phi) is 3.76. The maximum absolute atomic E-state index is 12.6. The van der Waals surface area contributed by atoms with Gasteiger partial charge in [0, 0.05) is 23.9 Å². The SMILES string of the molecule is NCc1c(C=O)ncc(C(F)(F)F)c1C(F)F. The summed E-state index contributed by atoms with van der Waals surface area (Å²) >= 11 is 0. The maximum Gasteiger partial charge on any atom is 0.418 e. The standard InChI is InChI=1S/C9H7F5N2O/c10-8(11)7-4(1-15)6(3-17)16-2-5(7)9(12,13)14/h2-3,8H,1,15H2. The normalized spacial score (nSPS) is 11.9. The lowest BCUT2D eigenvalue weighted by Crippen LogP contribution is -2.17. The van der Waals surface area contributed by atoms with E-state index in [0.29, 0.717) is 0 Å². The third kappa shape index (κ3) is 2.57. The molecule has 0 spiro atoms. The van der Waals surface area contributed by atoms with Gasteiger partial charge in [-0.25, -0.2) is 8.78 Å². The minimum absolute atomic E-state index is 0.0915. The van der Waals surface area contributed by atoms with Crippen molar-refractivity contribution in [2.45, 2.75) is 19.1 Å². The molecule has 0 saturated heterocycles. The zero-order valence-electron chi connectivity index (χ0n) is 8.26. The largest absolute Gasteiger partial charge is 0.418 e. The first-order chi connectivity index (χ1) is 7.82. The Morgan fingerprint density at radius 2 is 2.00 bits per heavy atom. The summed E-state index contributed by atoms with van der Waals surface area (Å²) in [6.07, 6.45) is -8.05. The number of hydrogen-bond acceptors (Lipinski definition) is 3. The second-order valence-electron chi connectivity index (χ2n) is 3.07. The molecular formula is C9H7F5N2O. The Hall–Kier alpha value is -1.57. The van der Waals surface area contributed by atoms with Crippen LogP contribution in [0, 0.1) is 0 Å². The van der Waals surface area contributed by atoms with Crippen molar-refractivity contribution in [3.05, 3.63) is 28.6 Å². The van der Waals surface area contributed by atoms with E-state index in [9.17, 15) is 26.7 Å². The van der Waals surface area contributed by atoms with E-state index in [1.807, 2.05) is 0 Å². The average Bonchev–Trinajstić information content (AvgIpc) is 2.25. The number of nitrogens with two attached hydrogens (primary N) is 1. The molecule has 1 aromatic heterocycles. The molecule has 3 nitrogen and oxygen atoms in total. The number of nitrogens with zero attached hydrogens (tertiary/aromatic N) is 1. The van der Waals surface area contributed by atoms with Crippen LogP contribution < -0.4 is 5.73 Å². The second kappa shape index (κ2) is 4.74. The van der Waals surface area contributed by atoms with Gasteiger partial charge in [0.25, 0.3) is 6.43 Å². The molecule has 1 aromatic rings. The zero-order chi connectivity index (χ0) is 13.2. The van der Waals surface area contributed by atoms with Gasteiger partial charge < -0.3 is 5.73 Å². The number of aromatic nitrogens is 1. The molecule has 0 bridgehead atoms. The van der Waals surface area contributed by atoms with E-state index in [1.54, 1.807) is 0 Å². The molecule has 0 radical (unpaired) electrons. The monoisotopic (exact) mass is 254 g/mol. The van der Waals surface area contributed by atoms with Gasteiger partial charge in [0.2, 0.25) is 0 Å². The number of rotatable bonds is 3. The lowest BCUT2D eigenvalue weighted by molar-refractivity contribution is -0.139. The molecule has 0 atom stereocenters. The fourth-order valence-corrected chi connectivity index (χ4v) is 1.37. The summed E-state index contributed by atoms with van der Waals surface area (Å²) < 4.78 is 62.6. The van der Waals surface area contributed by atoms with Gasteiger partial charge >= 0.3 is 6.18 Å². The highest BCUT2D eigenvalue weighted by molar-refractivity contribution is 5.75. The van der Waals surface area contributed by atoms with Gasteiger partial charge in [-0.05, 0) is 0 Å². The van der Waals surface area contributed by atoms with E-state index in [1.165, 1.54) is 0 Å². The molecule has 0 unspecified atom stereocenters. The van der Waals surface area contributed by atoms with Gasteiger partial charge in [-0.2, -0.15) is 13.2 Å². The molecule has 0 aliphatic heterocycles. The summed E-state index contributed by atoms with van der Waals surface area (Å²) in [5, 5.41) is 0. The minimum atomic E-state index is -4.97. The number of aldehydes is 1. The van der Waals surface area contributed by atoms with Crippen molar-refractivity contribution in [1.29, 1.82) is 0 Å². The topological polar surface area (TPSA) is 56.0 Å². The molecule has 1 heterocycles. The third-order valence-electron chi connectivity index (χ3n) is 2.10. The van der Waals surface area contributed by atoms with Crippen LogP contribution in [0.1, 0.15) is 33.6 Å². The molecule has 8 heteroatoms. The smallest absolute Gasteiger partial charge is 0.326 e. The molecule has 0 fully saturated rings.